The lowest BCUT2D eigenvalue weighted by molar-refractivity contribution is -0.124. The highest BCUT2D eigenvalue weighted by Crippen LogP contribution is 2.35. The molecule has 0 aliphatic carbocycles. The summed E-state index contributed by atoms with van der Waals surface area (Å²) in [4.78, 5) is 24.3. The molecule has 0 radical (unpaired) electrons. The molecule has 1 heterocycles. The predicted molar refractivity (Wildman–Crippen MR) is 75.3 cm³/mol. The van der Waals surface area contributed by atoms with Crippen molar-refractivity contribution < 1.29 is 14.3 Å². The minimum absolute atomic E-state index is 0.0874. The number of primary amides is 1. The Morgan fingerprint density at radius 2 is 2.15 bits per heavy atom. The van der Waals surface area contributed by atoms with Gasteiger partial charge < -0.3 is 16.2 Å². The summed E-state index contributed by atoms with van der Waals surface area (Å²) in [6.45, 7) is 3.80. The smallest absolute Gasteiger partial charge is 0.265 e. The third-order valence-electron chi connectivity index (χ3n) is 3.34. The Morgan fingerprint density at radius 3 is 2.75 bits per heavy atom. The quantitative estimate of drug-likeness (QED) is 0.839. The molecule has 0 spiro atoms. The third kappa shape index (κ3) is 2.75. The molecular formula is C14H19N3O3. The normalized spacial score (nSPS) is 15.8. The number of amides is 2. The number of anilines is 1. The Hall–Kier alpha value is -2.08. The second-order valence-electron chi connectivity index (χ2n) is 5.23. The van der Waals surface area contributed by atoms with Gasteiger partial charge in [0.15, 0.2) is 6.61 Å². The molecule has 108 valence electrons. The van der Waals surface area contributed by atoms with Crippen LogP contribution in [0.2, 0.25) is 0 Å². The van der Waals surface area contributed by atoms with Crippen LogP contribution in [0.3, 0.4) is 0 Å². The summed E-state index contributed by atoms with van der Waals surface area (Å²) in [5.41, 5.74) is 12.8. The third-order valence-corrected chi connectivity index (χ3v) is 3.34. The number of nitrogens with zero attached hydrogens (tertiary/aromatic N) is 1. The van der Waals surface area contributed by atoms with E-state index in [1.807, 2.05) is 19.9 Å². The summed E-state index contributed by atoms with van der Waals surface area (Å²) in [7, 11) is 0. The minimum atomic E-state index is -0.565. The number of nitrogens with two attached hydrogens (primary N) is 2. The first-order valence-corrected chi connectivity index (χ1v) is 6.51. The van der Waals surface area contributed by atoms with E-state index in [0.29, 0.717) is 11.4 Å². The van der Waals surface area contributed by atoms with Crippen molar-refractivity contribution in [3.8, 4) is 5.75 Å². The van der Waals surface area contributed by atoms with E-state index in [1.54, 1.807) is 12.1 Å². The van der Waals surface area contributed by atoms with Crippen LogP contribution in [0.4, 0.5) is 5.69 Å². The molecule has 0 saturated carbocycles. The SMILES string of the molecule is CC(C)C(N)c1ccc2c(c1)N(CC(N)=O)C(=O)CO2. The number of ether oxygens (including phenoxy) is 1. The van der Waals surface area contributed by atoms with E-state index in [0.717, 1.165) is 5.56 Å². The predicted octanol–water partition coefficient (Wildman–Crippen LogP) is 0.553. The fourth-order valence-electron chi connectivity index (χ4n) is 2.14. The maximum atomic E-state index is 11.9. The van der Waals surface area contributed by atoms with Crippen molar-refractivity contribution in [3.05, 3.63) is 23.8 Å². The second kappa shape index (κ2) is 5.50. The molecule has 1 aliphatic rings. The maximum absolute atomic E-state index is 11.9. The topological polar surface area (TPSA) is 98.6 Å². The first kappa shape index (κ1) is 14.3. The number of hydrogen-bond donors (Lipinski definition) is 2. The lowest BCUT2D eigenvalue weighted by Gasteiger charge is -2.29. The van der Waals surface area contributed by atoms with E-state index in [2.05, 4.69) is 0 Å². The fraction of sp³-hybridized carbons (Fsp3) is 0.429. The van der Waals surface area contributed by atoms with E-state index < -0.39 is 5.91 Å². The Labute approximate surface area is 117 Å². The van der Waals surface area contributed by atoms with Gasteiger partial charge in [0.05, 0.1) is 5.69 Å². The molecule has 0 bridgehead atoms. The molecule has 1 unspecified atom stereocenters. The van der Waals surface area contributed by atoms with Crippen molar-refractivity contribution in [1.29, 1.82) is 0 Å². The van der Waals surface area contributed by atoms with Crippen LogP contribution >= 0.6 is 0 Å². The van der Waals surface area contributed by atoms with Crippen LogP contribution in [0.5, 0.6) is 5.75 Å². The minimum Gasteiger partial charge on any atom is -0.482 e. The van der Waals surface area contributed by atoms with Gasteiger partial charge in [0, 0.05) is 6.04 Å². The van der Waals surface area contributed by atoms with Crippen LogP contribution in [0, 0.1) is 5.92 Å². The number of carbonyl (C=O) groups is 2. The maximum Gasteiger partial charge on any atom is 0.265 e. The Morgan fingerprint density at radius 1 is 1.45 bits per heavy atom. The molecule has 2 amide bonds. The van der Waals surface area contributed by atoms with Crippen molar-refractivity contribution in [2.24, 2.45) is 17.4 Å². The number of benzene rings is 1. The molecule has 1 aromatic rings. The van der Waals surface area contributed by atoms with E-state index in [4.69, 9.17) is 16.2 Å². The van der Waals surface area contributed by atoms with E-state index in [1.165, 1.54) is 4.90 Å². The molecule has 1 aromatic carbocycles. The van der Waals surface area contributed by atoms with Crippen molar-refractivity contribution in [3.63, 3.8) is 0 Å². The Balaban J connectivity index is 2.40. The lowest BCUT2D eigenvalue weighted by Crippen LogP contribution is -2.43. The summed E-state index contributed by atoms with van der Waals surface area (Å²) in [5.74, 6) is -0.0280. The van der Waals surface area contributed by atoms with Gasteiger partial charge in [-0.1, -0.05) is 19.9 Å². The monoisotopic (exact) mass is 277 g/mol. The van der Waals surface area contributed by atoms with Gasteiger partial charge in [0.1, 0.15) is 12.3 Å². The first-order valence-electron chi connectivity index (χ1n) is 6.51. The summed E-state index contributed by atoms with van der Waals surface area (Å²) >= 11 is 0. The lowest BCUT2D eigenvalue weighted by atomic mass is 9.96. The molecule has 20 heavy (non-hydrogen) atoms. The average Bonchev–Trinajstić information content (AvgIpc) is 2.40. The van der Waals surface area contributed by atoms with E-state index in [9.17, 15) is 9.59 Å². The molecule has 0 fully saturated rings. The second-order valence-corrected chi connectivity index (χ2v) is 5.23. The van der Waals surface area contributed by atoms with Crippen molar-refractivity contribution in [2.75, 3.05) is 18.1 Å². The van der Waals surface area contributed by atoms with Gasteiger partial charge >= 0.3 is 0 Å². The number of hydrogen-bond acceptors (Lipinski definition) is 4. The van der Waals surface area contributed by atoms with Crippen LogP contribution < -0.4 is 21.1 Å². The van der Waals surface area contributed by atoms with Crippen LogP contribution in [0.1, 0.15) is 25.5 Å². The van der Waals surface area contributed by atoms with E-state index in [-0.39, 0.29) is 31.0 Å². The van der Waals surface area contributed by atoms with Crippen LogP contribution in [-0.4, -0.2) is 25.0 Å². The highest BCUT2D eigenvalue weighted by atomic mass is 16.5. The summed E-state index contributed by atoms with van der Waals surface area (Å²) in [6, 6.07) is 5.29. The molecular weight excluding hydrogens is 258 g/mol. The summed E-state index contributed by atoms with van der Waals surface area (Å²) < 4.78 is 5.36. The van der Waals surface area contributed by atoms with Gasteiger partial charge in [0.2, 0.25) is 5.91 Å². The van der Waals surface area contributed by atoms with E-state index >= 15 is 0 Å². The number of carbonyl (C=O) groups excluding carboxylic acids is 2. The van der Waals surface area contributed by atoms with Crippen molar-refractivity contribution in [2.45, 2.75) is 19.9 Å². The van der Waals surface area contributed by atoms with Crippen LogP contribution in [0.15, 0.2) is 18.2 Å². The van der Waals surface area contributed by atoms with Crippen molar-refractivity contribution >= 4 is 17.5 Å². The zero-order valence-electron chi connectivity index (χ0n) is 11.6. The zero-order chi connectivity index (χ0) is 14.9. The van der Waals surface area contributed by atoms with Gasteiger partial charge in [-0.2, -0.15) is 0 Å². The van der Waals surface area contributed by atoms with Gasteiger partial charge in [-0.05, 0) is 23.6 Å². The van der Waals surface area contributed by atoms with Gasteiger partial charge in [-0.15, -0.1) is 0 Å². The van der Waals surface area contributed by atoms with Crippen molar-refractivity contribution in [1.82, 2.24) is 0 Å². The Bertz CT molecular complexity index is 542. The number of rotatable bonds is 4. The van der Waals surface area contributed by atoms with Gasteiger partial charge in [0.25, 0.3) is 5.91 Å². The molecule has 6 heteroatoms. The van der Waals surface area contributed by atoms with Crippen LogP contribution in [-0.2, 0) is 9.59 Å². The van der Waals surface area contributed by atoms with Crippen LogP contribution in [0.25, 0.3) is 0 Å². The zero-order valence-corrected chi connectivity index (χ0v) is 11.6. The van der Waals surface area contributed by atoms with Gasteiger partial charge in [-0.3, -0.25) is 14.5 Å². The summed E-state index contributed by atoms with van der Waals surface area (Å²) in [5, 5.41) is 0. The molecule has 4 N–H and O–H groups in total. The van der Waals surface area contributed by atoms with Gasteiger partial charge in [-0.25, -0.2) is 0 Å². The highest BCUT2D eigenvalue weighted by Gasteiger charge is 2.27. The molecule has 1 atom stereocenters. The fourth-order valence-corrected chi connectivity index (χ4v) is 2.14. The average molecular weight is 277 g/mol. The number of fused-ring (bicyclic) bond motifs is 1. The summed E-state index contributed by atoms with van der Waals surface area (Å²) in [6.07, 6.45) is 0. The standard InChI is InChI=1S/C14H19N3O3/c1-8(2)14(16)9-3-4-11-10(5-9)17(6-12(15)18)13(19)7-20-11/h3-5,8,14H,6-7,16H2,1-2H3,(H2,15,18). The molecule has 0 saturated heterocycles. The molecule has 1 aliphatic heterocycles. The molecule has 2 rings (SSSR count). The largest absolute Gasteiger partial charge is 0.482 e. The molecule has 6 nitrogen and oxygen atoms in total. The highest BCUT2D eigenvalue weighted by molar-refractivity contribution is 6.01. The first-order chi connectivity index (χ1) is 9.40. The molecule has 0 aromatic heterocycles. The Kier molecular flexibility index (Phi) is 3.94.